The molecule has 1 amide bonds. The minimum Gasteiger partial charge on any atom is -0.477 e. The molecule has 0 fully saturated rings. The van der Waals surface area contributed by atoms with Crippen molar-refractivity contribution in [3.63, 3.8) is 0 Å². The van der Waals surface area contributed by atoms with Gasteiger partial charge in [-0.3, -0.25) is 14.9 Å². The third-order valence-corrected chi connectivity index (χ3v) is 4.09. The van der Waals surface area contributed by atoms with E-state index in [0.29, 0.717) is 6.54 Å². The van der Waals surface area contributed by atoms with Gasteiger partial charge in [0.1, 0.15) is 0 Å². The summed E-state index contributed by atoms with van der Waals surface area (Å²) >= 11 is 0. The number of hydrogen-bond donors (Lipinski definition) is 1. The number of esters is 1. The molecule has 26 heavy (non-hydrogen) atoms. The van der Waals surface area contributed by atoms with Crippen LogP contribution in [0.4, 0.5) is 5.69 Å². The van der Waals surface area contributed by atoms with Gasteiger partial charge in [0, 0.05) is 12.6 Å². The van der Waals surface area contributed by atoms with Gasteiger partial charge in [0.05, 0.1) is 17.6 Å². The Morgan fingerprint density at radius 3 is 2.77 bits per heavy atom. The van der Waals surface area contributed by atoms with Crippen molar-refractivity contribution in [1.29, 1.82) is 0 Å². The van der Waals surface area contributed by atoms with Crippen molar-refractivity contribution < 1.29 is 24.0 Å². The average molecular weight is 362 g/mol. The van der Waals surface area contributed by atoms with Crippen LogP contribution in [0.3, 0.4) is 0 Å². The van der Waals surface area contributed by atoms with Crippen molar-refractivity contribution in [2.24, 2.45) is 0 Å². The zero-order valence-corrected chi connectivity index (χ0v) is 14.7. The molecule has 8 heteroatoms. The lowest BCUT2D eigenvalue weighted by Crippen LogP contribution is -2.30. The number of nitrogens with one attached hydrogen (secondary N) is 1. The smallest absolute Gasteiger partial charge is 0.338 e. The summed E-state index contributed by atoms with van der Waals surface area (Å²) in [4.78, 5) is 33.8. The normalized spacial score (nSPS) is 13.5. The number of carbonyl (C=O) groups excluding carboxylic acids is 2. The van der Waals surface area contributed by atoms with E-state index in [2.05, 4.69) is 16.1 Å². The van der Waals surface area contributed by atoms with Gasteiger partial charge in [-0.25, -0.2) is 4.79 Å². The first-order valence-electron chi connectivity index (χ1n) is 8.45. The Balaban J connectivity index is 1.87. The molecule has 0 aliphatic heterocycles. The molecule has 8 nitrogen and oxygen atoms in total. The fraction of sp³-hybridized carbons (Fsp3) is 0.444. The topological polar surface area (TPSA) is 108 Å². The van der Waals surface area contributed by atoms with E-state index < -0.39 is 16.6 Å². The van der Waals surface area contributed by atoms with E-state index in [-0.39, 0.29) is 23.8 Å². The molecule has 0 unspecified atom stereocenters. The molecule has 1 N–H and O–H groups in total. The summed E-state index contributed by atoms with van der Waals surface area (Å²) in [6.45, 7) is 0.175. The Hall–Kier alpha value is -2.90. The Morgan fingerprint density at radius 2 is 2.12 bits per heavy atom. The number of methoxy groups -OCH3 is 1. The van der Waals surface area contributed by atoms with E-state index in [0.717, 1.165) is 25.3 Å². The number of nitrogens with zero attached hydrogens (tertiary/aromatic N) is 1. The maximum Gasteiger partial charge on any atom is 0.338 e. The number of nitro benzene ring substituents is 1. The molecular formula is C18H22N2O6. The molecule has 1 aromatic rings. The number of carbonyl (C=O) groups is 2. The van der Waals surface area contributed by atoms with E-state index in [9.17, 15) is 19.7 Å². The van der Waals surface area contributed by atoms with Gasteiger partial charge in [0.15, 0.2) is 12.4 Å². The lowest BCUT2D eigenvalue weighted by Gasteiger charge is -2.13. The van der Waals surface area contributed by atoms with Gasteiger partial charge in [-0.15, -0.1) is 0 Å². The highest BCUT2D eigenvalue weighted by molar-refractivity contribution is 5.90. The van der Waals surface area contributed by atoms with Gasteiger partial charge in [-0.05, 0) is 44.2 Å². The SMILES string of the molecule is COC(=O)c1ccc(OCC(=O)NCCC2=CCCCC2)c([N+](=O)[O-])c1. The summed E-state index contributed by atoms with van der Waals surface area (Å²) in [5.41, 5.74) is 0.997. The van der Waals surface area contributed by atoms with Crippen LogP contribution in [0.25, 0.3) is 0 Å². The number of nitro groups is 1. The molecule has 0 spiro atoms. The third-order valence-electron chi connectivity index (χ3n) is 4.09. The van der Waals surface area contributed by atoms with Crippen LogP contribution in [0.15, 0.2) is 29.8 Å². The number of benzene rings is 1. The van der Waals surface area contributed by atoms with E-state index >= 15 is 0 Å². The minimum atomic E-state index is -0.686. The van der Waals surface area contributed by atoms with Crippen molar-refractivity contribution in [2.75, 3.05) is 20.3 Å². The Kier molecular flexibility index (Phi) is 7.13. The molecule has 0 saturated heterocycles. The summed E-state index contributed by atoms with van der Waals surface area (Å²) in [7, 11) is 1.19. The van der Waals surface area contributed by atoms with Crippen LogP contribution in [-0.4, -0.2) is 37.1 Å². The second-order valence-corrected chi connectivity index (χ2v) is 5.93. The number of amides is 1. The molecule has 140 valence electrons. The van der Waals surface area contributed by atoms with Crippen molar-refractivity contribution in [1.82, 2.24) is 5.32 Å². The highest BCUT2D eigenvalue weighted by Crippen LogP contribution is 2.28. The van der Waals surface area contributed by atoms with Crippen LogP contribution in [0.1, 0.15) is 42.5 Å². The Bertz CT molecular complexity index is 714. The van der Waals surface area contributed by atoms with Gasteiger partial charge >= 0.3 is 11.7 Å². The first-order valence-corrected chi connectivity index (χ1v) is 8.45. The monoisotopic (exact) mass is 362 g/mol. The van der Waals surface area contributed by atoms with Crippen molar-refractivity contribution in [3.8, 4) is 5.75 Å². The zero-order valence-electron chi connectivity index (χ0n) is 14.7. The number of allylic oxidation sites excluding steroid dienone is 1. The van der Waals surface area contributed by atoms with Crippen LogP contribution in [0, 0.1) is 10.1 Å². The summed E-state index contributed by atoms with van der Waals surface area (Å²) in [5.74, 6) is -1.12. The van der Waals surface area contributed by atoms with Gasteiger partial charge in [-0.1, -0.05) is 11.6 Å². The van der Waals surface area contributed by atoms with Crippen LogP contribution in [0.2, 0.25) is 0 Å². The van der Waals surface area contributed by atoms with Gasteiger partial charge in [0.25, 0.3) is 5.91 Å². The number of ether oxygens (including phenoxy) is 2. The quantitative estimate of drug-likeness (QED) is 0.330. The van der Waals surface area contributed by atoms with Crippen LogP contribution in [-0.2, 0) is 9.53 Å². The van der Waals surface area contributed by atoms with Crippen LogP contribution >= 0.6 is 0 Å². The van der Waals surface area contributed by atoms with Crippen molar-refractivity contribution in [3.05, 3.63) is 45.5 Å². The summed E-state index contributed by atoms with van der Waals surface area (Å²) in [5, 5.41) is 13.9. The van der Waals surface area contributed by atoms with E-state index in [1.807, 2.05) is 0 Å². The number of hydrogen-bond acceptors (Lipinski definition) is 6. The minimum absolute atomic E-state index is 0.0387. The molecule has 2 rings (SSSR count). The lowest BCUT2D eigenvalue weighted by molar-refractivity contribution is -0.385. The highest BCUT2D eigenvalue weighted by Gasteiger charge is 2.20. The molecular weight excluding hydrogens is 340 g/mol. The molecule has 0 radical (unpaired) electrons. The number of rotatable bonds is 8. The summed E-state index contributed by atoms with van der Waals surface area (Å²) < 4.78 is 9.78. The van der Waals surface area contributed by atoms with Gasteiger partial charge < -0.3 is 14.8 Å². The van der Waals surface area contributed by atoms with Gasteiger partial charge in [0.2, 0.25) is 0 Å². The van der Waals surface area contributed by atoms with Crippen LogP contribution < -0.4 is 10.1 Å². The molecule has 0 aromatic heterocycles. The van der Waals surface area contributed by atoms with E-state index in [1.54, 1.807) is 0 Å². The van der Waals surface area contributed by atoms with Crippen LogP contribution in [0.5, 0.6) is 5.75 Å². The molecule has 0 atom stereocenters. The molecule has 0 saturated carbocycles. The lowest BCUT2D eigenvalue weighted by atomic mass is 9.97. The van der Waals surface area contributed by atoms with Crippen molar-refractivity contribution >= 4 is 17.6 Å². The summed E-state index contributed by atoms with van der Waals surface area (Å²) in [6, 6.07) is 3.70. The predicted octanol–water partition coefficient (Wildman–Crippen LogP) is 2.77. The highest BCUT2D eigenvalue weighted by atomic mass is 16.6. The maximum absolute atomic E-state index is 11.9. The Morgan fingerprint density at radius 1 is 1.31 bits per heavy atom. The van der Waals surface area contributed by atoms with E-state index in [4.69, 9.17) is 4.74 Å². The second kappa shape index (κ2) is 9.55. The molecule has 1 aromatic carbocycles. The fourth-order valence-corrected chi connectivity index (χ4v) is 2.72. The largest absolute Gasteiger partial charge is 0.477 e. The molecule has 0 heterocycles. The third kappa shape index (κ3) is 5.58. The molecule has 0 bridgehead atoms. The first-order chi connectivity index (χ1) is 12.5. The predicted molar refractivity (Wildman–Crippen MR) is 94.1 cm³/mol. The summed E-state index contributed by atoms with van der Waals surface area (Å²) in [6.07, 6.45) is 7.60. The molecule has 1 aliphatic rings. The molecule has 1 aliphatic carbocycles. The zero-order chi connectivity index (χ0) is 18.9. The average Bonchev–Trinajstić information content (AvgIpc) is 2.66. The first kappa shape index (κ1) is 19.4. The van der Waals surface area contributed by atoms with Crippen molar-refractivity contribution in [2.45, 2.75) is 32.1 Å². The van der Waals surface area contributed by atoms with E-state index in [1.165, 1.54) is 37.7 Å². The fourth-order valence-electron chi connectivity index (χ4n) is 2.72. The van der Waals surface area contributed by atoms with Gasteiger partial charge in [-0.2, -0.15) is 0 Å². The maximum atomic E-state index is 11.9. The Labute approximate surface area is 151 Å². The second-order valence-electron chi connectivity index (χ2n) is 5.93. The standard InChI is InChI=1S/C18H22N2O6/c1-25-18(22)14-7-8-16(15(11-14)20(23)24)26-12-17(21)19-10-9-13-5-3-2-4-6-13/h5,7-8,11H,2-4,6,9-10,12H2,1H3,(H,19,21).